The number of hydrogen-bond donors (Lipinski definition) is 0. The maximum absolute atomic E-state index is 3.65. The summed E-state index contributed by atoms with van der Waals surface area (Å²) in [5.41, 5.74) is 11.7. The average molecular weight is 652 g/mol. The predicted octanol–water partition coefficient (Wildman–Crippen LogP) is 10.4. The van der Waals surface area contributed by atoms with E-state index < -0.39 is 0 Å². The van der Waals surface area contributed by atoms with Crippen LogP contribution in [0.1, 0.15) is 23.1 Å². The first-order valence-corrected chi connectivity index (χ1v) is 14.3. The van der Waals surface area contributed by atoms with Crippen molar-refractivity contribution in [3.8, 4) is 33.4 Å². The number of rotatable bonds is 3. The van der Waals surface area contributed by atoms with Crippen molar-refractivity contribution in [2.45, 2.75) is 12.8 Å². The Balaban J connectivity index is 0.000000307. The molecule has 2 aliphatic carbocycles. The fourth-order valence-electron chi connectivity index (χ4n) is 4.61. The minimum atomic E-state index is 0. The van der Waals surface area contributed by atoms with Crippen LogP contribution in [0.5, 0.6) is 0 Å². The largest absolute Gasteiger partial charge is 0.143 e. The normalized spacial score (nSPS) is 11.0. The summed E-state index contributed by atoms with van der Waals surface area (Å²) in [6.07, 6.45) is 11.0. The molecule has 41 heavy (non-hydrogen) atoms. The van der Waals surface area contributed by atoms with Gasteiger partial charge in [0.1, 0.15) is 0 Å². The minimum Gasteiger partial charge on any atom is -0.143 e. The molecule has 0 aromatic heterocycles. The van der Waals surface area contributed by atoms with Gasteiger partial charge in [-0.2, -0.15) is 6.08 Å². The predicted molar refractivity (Wildman–Crippen MR) is 178 cm³/mol. The van der Waals surface area contributed by atoms with Crippen LogP contribution in [0.2, 0.25) is 0 Å². The van der Waals surface area contributed by atoms with Crippen LogP contribution >= 0.6 is 24.8 Å². The van der Waals surface area contributed by atoms with Crippen LogP contribution < -0.4 is 0 Å². The Labute approximate surface area is 273 Å². The van der Waals surface area contributed by atoms with E-state index in [9.17, 15) is 0 Å². The Hall–Kier alpha value is -3.09. The Kier molecular flexibility index (Phi) is 14.7. The summed E-state index contributed by atoms with van der Waals surface area (Å²) in [5, 5.41) is 0. The summed E-state index contributed by atoms with van der Waals surface area (Å²) >= 11 is 1.46. The van der Waals surface area contributed by atoms with Crippen molar-refractivity contribution in [1.82, 2.24) is 0 Å². The van der Waals surface area contributed by atoms with Crippen molar-refractivity contribution in [1.29, 1.82) is 0 Å². The van der Waals surface area contributed by atoms with Gasteiger partial charge in [0, 0.05) is 0 Å². The van der Waals surface area contributed by atoms with Crippen molar-refractivity contribution >= 4 is 28.5 Å². The molecule has 5 aromatic rings. The minimum absolute atomic E-state index is 0. The second-order valence-electron chi connectivity index (χ2n) is 9.10. The molecule has 0 amide bonds. The van der Waals surface area contributed by atoms with Crippen LogP contribution in [0.15, 0.2) is 140 Å². The van der Waals surface area contributed by atoms with E-state index in [1.54, 1.807) is 0 Å². The Morgan fingerprint density at radius 2 is 1.24 bits per heavy atom. The van der Waals surface area contributed by atoms with E-state index in [0.717, 1.165) is 12.8 Å². The zero-order chi connectivity index (χ0) is 26.0. The van der Waals surface area contributed by atoms with E-state index in [1.807, 2.05) is 18.2 Å². The first-order valence-electron chi connectivity index (χ1n) is 12.9. The van der Waals surface area contributed by atoms with E-state index >= 15 is 0 Å². The molecule has 0 atom stereocenters. The first kappa shape index (κ1) is 34.1. The standard InChI is InChI=1S/C25H17.C7H6.C5H5.CH3.2ClH.Zr/c1-3-7-18(8-4-1)20-11-13-24-22(15-20)17-23-16-21(12-14-25(23)24)19-9-5-2-6-10-19;1-7-5-3-2-4-6-7;1-2-4-5-3-1;;;;/h1-15H,17H2;1-6H;1-3H,4H2;1H3;2*1H;/q-1;;2*-1;;;. The summed E-state index contributed by atoms with van der Waals surface area (Å²) in [4.78, 5) is 0. The molecule has 0 radical (unpaired) electrons. The van der Waals surface area contributed by atoms with Crippen LogP contribution in [0.3, 0.4) is 0 Å². The van der Waals surface area contributed by atoms with Crippen LogP contribution in [0.4, 0.5) is 0 Å². The van der Waals surface area contributed by atoms with E-state index in [0.29, 0.717) is 0 Å². The van der Waals surface area contributed by atoms with Crippen molar-refractivity contribution in [3.63, 3.8) is 0 Å². The summed E-state index contributed by atoms with van der Waals surface area (Å²) in [6, 6.07) is 46.4. The summed E-state index contributed by atoms with van der Waals surface area (Å²) in [5.74, 6) is 0. The molecule has 0 unspecified atom stereocenters. The number of benzene rings is 5. The van der Waals surface area contributed by atoms with E-state index in [4.69, 9.17) is 0 Å². The third-order valence-corrected chi connectivity index (χ3v) is 7.35. The van der Waals surface area contributed by atoms with Crippen molar-refractivity contribution in [2.24, 2.45) is 0 Å². The molecule has 0 bridgehead atoms. The van der Waals surface area contributed by atoms with Gasteiger partial charge in [-0.25, -0.2) is 12.2 Å². The molecule has 0 heterocycles. The SMILES string of the molecule is Cl.Cl.[C-]1=CC=CC1.[CH3-].[Zr]=[CH]c1ccccc1.[c-]1c(-c2ccccc2)ccc2c1Cc1cc(-c3ccccc3)ccc1-2. The maximum Gasteiger partial charge on any atom is -0.0181 e. The molecular weight excluding hydrogens is 619 g/mol. The number of fused-ring (bicyclic) bond motifs is 3. The van der Waals surface area contributed by atoms with Gasteiger partial charge in [-0.3, -0.25) is 6.08 Å². The summed E-state index contributed by atoms with van der Waals surface area (Å²) in [6.45, 7) is 0. The molecule has 0 saturated heterocycles. The fourth-order valence-corrected chi connectivity index (χ4v) is 5.08. The zero-order valence-electron chi connectivity index (χ0n) is 23.1. The summed E-state index contributed by atoms with van der Waals surface area (Å²) in [7, 11) is 0. The fraction of sp³-hybridized carbons (Fsp3) is 0.0526. The first-order chi connectivity index (χ1) is 18.8. The molecule has 0 nitrogen and oxygen atoms in total. The quantitative estimate of drug-likeness (QED) is 0.167. The van der Waals surface area contributed by atoms with Crippen LogP contribution in [0, 0.1) is 19.6 Å². The topological polar surface area (TPSA) is 0 Å². The molecule has 0 fully saturated rings. The van der Waals surface area contributed by atoms with E-state index in [1.165, 1.54) is 74.3 Å². The Morgan fingerprint density at radius 1 is 0.634 bits per heavy atom. The monoisotopic (exact) mass is 649 g/mol. The van der Waals surface area contributed by atoms with Gasteiger partial charge >= 0.3 is 63.8 Å². The third kappa shape index (κ3) is 9.21. The number of hydrogen-bond acceptors (Lipinski definition) is 0. The van der Waals surface area contributed by atoms with Crippen molar-refractivity contribution in [3.05, 3.63) is 176 Å². The number of halogens is 2. The van der Waals surface area contributed by atoms with Gasteiger partial charge in [0.05, 0.1) is 0 Å². The van der Waals surface area contributed by atoms with Gasteiger partial charge in [-0.05, 0) is 23.1 Å². The van der Waals surface area contributed by atoms with E-state index in [-0.39, 0.29) is 32.2 Å². The van der Waals surface area contributed by atoms with Gasteiger partial charge < -0.3 is 7.43 Å². The Bertz CT molecular complexity index is 1460. The molecule has 0 aliphatic heterocycles. The van der Waals surface area contributed by atoms with Gasteiger partial charge in [-0.1, -0.05) is 95.6 Å². The summed E-state index contributed by atoms with van der Waals surface area (Å²) < 4.78 is 2.17. The average Bonchev–Trinajstić information content (AvgIpc) is 3.70. The smallest absolute Gasteiger partial charge is 0.0181 e. The third-order valence-electron chi connectivity index (χ3n) is 6.53. The van der Waals surface area contributed by atoms with Gasteiger partial charge in [-0.15, -0.1) is 60.6 Å². The molecule has 0 saturated carbocycles. The molecule has 206 valence electrons. The molecule has 5 aromatic carbocycles. The molecule has 0 N–H and O–H groups in total. The molecule has 3 heteroatoms. The molecule has 7 rings (SSSR count). The van der Waals surface area contributed by atoms with Crippen molar-refractivity contribution in [2.75, 3.05) is 0 Å². The Morgan fingerprint density at radius 3 is 1.78 bits per heavy atom. The molecule has 0 spiro atoms. The van der Waals surface area contributed by atoms with Crippen molar-refractivity contribution < 1.29 is 24.2 Å². The molecule has 2 aliphatic rings. The molecular formula is C38H33Cl2Zr-3. The van der Waals surface area contributed by atoms with Gasteiger partial charge in [0.25, 0.3) is 0 Å². The van der Waals surface area contributed by atoms with E-state index in [2.05, 4.69) is 137 Å². The second kappa shape index (κ2) is 17.7. The second-order valence-corrected chi connectivity index (χ2v) is 9.81. The van der Waals surface area contributed by atoms with Crippen LogP contribution in [-0.4, -0.2) is 3.71 Å². The zero-order valence-corrected chi connectivity index (χ0v) is 27.2. The maximum atomic E-state index is 3.65. The van der Waals surface area contributed by atoms with Gasteiger partial charge in [0.2, 0.25) is 0 Å². The number of allylic oxidation sites excluding steroid dienone is 4. The van der Waals surface area contributed by atoms with Gasteiger partial charge in [0.15, 0.2) is 0 Å². The van der Waals surface area contributed by atoms with Crippen LogP contribution in [-0.2, 0) is 30.7 Å². The van der Waals surface area contributed by atoms with Crippen LogP contribution in [0.25, 0.3) is 33.4 Å².